The highest BCUT2D eigenvalue weighted by Crippen LogP contribution is 2.35. The molecule has 0 radical (unpaired) electrons. The lowest BCUT2D eigenvalue weighted by Gasteiger charge is -2.37. The fraction of sp³-hybridized carbons (Fsp3) is 0.389. The van der Waals surface area contributed by atoms with E-state index in [4.69, 9.17) is 0 Å². The zero-order valence-electron chi connectivity index (χ0n) is 14.1. The summed E-state index contributed by atoms with van der Waals surface area (Å²) in [6.45, 7) is 5.07. The third-order valence-corrected chi connectivity index (χ3v) is 4.64. The molecular formula is C18H20F3N3O. The molecular weight excluding hydrogens is 331 g/mol. The van der Waals surface area contributed by atoms with Crippen LogP contribution in [0.5, 0.6) is 0 Å². The number of halogens is 3. The third kappa shape index (κ3) is 3.23. The fourth-order valence-electron chi connectivity index (χ4n) is 3.41. The average Bonchev–Trinajstić information content (AvgIpc) is 2.95. The van der Waals surface area contributed by atoms with Gasteiger partial charge in [-0.2, -0.15) is 13.2 Å². The van der Waals surface area contributed by atoms with Crippen LogP contribution in [0.15, 0.2) is 36.4 Å². The van der Waals surface area contributed by atoms with E-state index in [1.165, 1.54) is 18.2 Å². The maximum Gasteiger partial charge on any atom is 0.418 e. The molecule has 0 aliphatic carbocycles. The van der Waals surface area contributed by atoms with E-state index in [-0.39, 0.29) is 11.7 Å². The first-order chi connectivity index (χ1) is 11.8. The minimum atomic E-state index is -4.51. The van der Waals surface area contributed by atoms with Crippen molar-refractivity contribution in [1.82, 2.24) is 9.47 Å². The summed E-state index contributed by atoms with van der Waals surface area (Å²) in [4.78, 5) is 14.3. The summed E-state index contributed by atoms with van der Waals surface area (Å²) < 4.78 is 41.5. The van der Waals surface area contributed by atoms with Crippen molar-refractivity contribution in [3.8, 4) is 0 Å². The van der Waals surface area contributed by atoms with E-state index < -0.39 is 17.8 Å². The Morgan fingerprint density at radius 1 is 1.20 bits per heavy atom. The lowest BCUT2D eigenvalue weighted by atomic mass is 10.1. The Morgan fingerprint density at radius 2 is 1.92 bits per heavy atom. The van der Waals surface area contributed by atoms with Crippen molar-refractivity contribution in [3.63, 3.8) is 0 Å². The van der Waals surface area contributed by atoms with E-state index in [1.807, 2.05) is 26.0 Å². The molecule has 0 unspecified atom stereocenters. The predicted octanol–water partition coefficient (Wildman–Crippen LogP) is 4.81. The lowest BCUT2D eigenvalue weighted by molar-refractivity contribution is -0.136. The van der Waals surface area contributed by atoms with Crippen LogP contribution in [-0.2, 0) is 12.7 Å². The molecule has 1 atom stereocenters. The quantitative estimate of drug-likeness (QED) is 0.828. The number of rotatable bonds is 2. The van der Waals surface area contributed by atoms with Gasteiger partial charge >= 0.3 is 12.2 Å². The number of urea groups is 1. The number of nitrogens with zero attached hydrogens (tertiary/aromatic N) is 2. The van der Waals surface area contributed by atoms with Gasteiger partial charge in [0, 0.05) is 24.5 Å². The molecule has 3 rings (SSSR count). The van der Waals surface area contributed by atoms with Gasteiger partial charge in [-0.15, -0.1) is 0 Å². The second kappa shape index (κ2) is 6.46. The van der Waals surface area contributed by atoms with Gasteiger partial charge in [0.25, 0.3) is 0 Å². The lowest BCUT2D eigenvalue weighted by Crippen LogP contribution is -2.44. The maximum atomic E-state index is 13.1. The Hall–Kier alpha value is -2.44. The van der Waals surface area contributed by atoms with E-state index >= 15 is 0 Å². The van der Waals surface area contributed by atoms with Gasteiger partial charge in [-0.25, -0.2) is 4.79 Å². The molecule has 0 fully saturated rings. The zero-order chi connectivity index (χ0) is 18.2. The van der Waals surface area contributed by atoms with E-state index in [2.05, 4.69) is 9.88 Å². The van der Waals surface area contributed by atoms with Crippen molar-refractivity contribution < 1.29 is 18.0 Å². The van der Waals surface area contributed by atoms with Crippen molar-refractivity contribution in [2.24, 2.45) is 0 Å². The van der Waals surface area contributed by atoms with Crippen LogP contribution in [0.2, 0.25) is 0 Å². The van der Waals surface area contributed by atoms with Crippen LogP contribution < -0.4 is 5.32 Å². The molecule has 25 heavy (non-hydrogen) atoms. The molecule has 2 aromatic rings. The first-order valence-corrected chi connectivity index (χ1v) is 8.22. The van der Waals surface area contributed by atoms with Gasteiger partial charge in [0.15, 0.2) is 0 Å². The van der Waals surface area contributed by atoms with Crippen LogP contribution in [0.3, 0.4) is 0 Å². The topological polar surface area (TPSA) is 37.3 Å². The molecule has 1 aromatic carbocycles. The van der Waals surface area contributed by atoms with Crippen molar-refractivity contribution in [2.45, 2.75) is 39.0 Å². The second-order valence-electron chi connectivity index (χ2n) is 6.14. The van der Waals surface area contributed by atoms with Gasteiger partial charge in [-0.3, -0.25) is 0 Å². The van der Waals surface area contributed by atoms with Crippen LogP contribution in [0.4, 0.5) is 23.7 Å². The van der Waals surface area contributed by atoms with Crippen molar-refractivity contribution >= 4 is 11.7 Å². The number of alkyl halides is 3. The first-order valence-electron chi connectivity index (χ1n) is 8.22. The van der Waals surface area contributed by atoms with Crippen molar-refractivity contribution in [2.75, 3.05) is 11.9 Å². The number of nitrogens with one attached hydrogen (secondary N) is 1. The molecule has 1 aliphatic heterocycles. The summed E-state index contributed by atoms with van der Waals surface area (Å²) in [5.41, 5.74) is 1.08. The van der Waals surface area contributed by atoms with Gasteiger partial charge in [0.2, 0.25) is 0 Å². The molecule has 7 heteroatoms. The molecule has 1 aromatic heterocycles. The number of benzene rings is 1. The summed E-state index contributed by atoms with van der Waals surface area (Å²) in [6.07, 6.45) is -3.82. The third-order valence-electron chi connectivity index (χ3n) is 4.64. The maximum absolute atomic E-state index is 13.1. The zero-order valence-corrected chi connectivity index (χ0v) is 14.1. The van der Waals surface area contributed by atoms with Crippen LogP contribution >= 0.6 is 0 Å². The van der Waals surface area contributed by atoms with Crippen molar-refractivity contribution in [1.29, 1.82) is 0 Å². The van der Waals surface area contributed by atoms with Crippen LogP contribution in [0.25, 0.3) is 0 Å². The summed E-state index contributed by atoms with van der Waals surface area (Å²) in [5, 5.41) is 2.45. The van der Waals surface area contributed by atoms with Gasteiger partial charge < -0.3 is 14.8 Å². The minimum Gasteiger partial charge on any atom is -0.345 e. The number of para-hydroxylation sites is 1. The first kappa shape index (κ1) is 17.4. The molecule has 1 N–H and O–H groups in total. The van der Waals surface area contributed by atoms with E-state index in [0.717, 1.165) is 17.5 Å². The number of hydrogen-bond acceptors (Lipinski definition) is 1. The Bertz CT molecular complexity index is 782. The van der Waals surface area contributed by atoms with E-state index in [9.17, 15) is 18.0 Å². The van der Waals surface area contributed by atoms with Crippen molar-refractivity contribution in [3.05, 3.63) is 53.3 Å². The number of hydrogen-bond donors (Lipinski definition) is 1. The molecule has 0 spiro atoms. The van der Waals surface area contributed by atoms with E-state index in [1.54, 1.807) is 4.90 Å². The molecule has 0 saturated carbocycles. The Labute approximate surface area is 144 Å². The monoisotopic (exact) mass is 351 g/mol. The van der Waals surface area contributed by atoms with Gasteiger partial charge in [0.05, 0.1) is 17.3 Å². The fourth-order valence-corrected chi connectivity index (χ4v) is 3.41. The second-order valence-corrected chi connectivity index (χ2v) is 6.14. The molecule has 1 aliphatic rings. The van der Waals surface area contributed by atoms with Gasteiger partial charge in [-0.05, 0) is 37.6 Å². The SMILES string of the molecule is CC[C@@H]1c2ccc(C)n2CCN1C(=O)Nc1ccccc1C(F)(F)F. The number of fused-ring (bicyclic) bond motifs is 1. The number of aryl methyl sites for hydroxylation is 1. The molecule has 0 saturated heterocycles. The van der Waals surface area contributed by atoms with Crippen LogP contribution in [0, 0.1) is 6.92 Å². The van der Waals surface area contributed by atoms with Crippen LogP contribution in [-0.4, -0.2) is 22.0 Å². The number of carbonyl (C=O) groups excluding carboxylic acids is 1. The number of aromatic nitrogens is 1. The highest BCUT2D eigenvalue weighted by molar-refractivity contribution is 5.90. The summed E-state index contributed by atoms with van der Waals surface area (Å²) >= 11 is 0. The Balaban J connectivity index is 1.85. The minimum absolute atomic E-state index is 0.152. The summed E-state index contributed by atoms with van der Waals surface area (Å²) in [5.74, 6) is 0. The largest absolute Gasteiger partial charge is 0.418 e. The highest BCUT2D eigenvalue weighted by atomic mass is 19.4. The molecule has 134 valence electrons. The number of amides is 2. The summed E-state index contributed by atoms with van der Waals surface area (Å²) in [6, 6.07) is 8.35. The Kier molecular flexibility index (Phi) is 4.49. The van der Waals surface area contributed by atoms with E-state index in [0.29, 0.717) is 19.5 Å². The molecule has 2 amide bonds. The van der Waals surface area contributed by atoms with Crippen LogP contribution in [0.1, 0.15) is 36.3 Å². The average molecular weight is 351 g/mol. The highest BCUT2D eigenvalue weighted by Gasteiger charge is 2.35. The summed E-state index contributed by atoms with van der Waals surface area (Å²) in [7, 11) is 0. The standard InChI is InChI=1S/C18H20F3N3O/c1-3-15-16-9-8-12(2)23(16)10-11-24(15)17(25)22-14-7-5-4-6-13(14)18(19,20)21/h4-9,15H,3,10-11H2,1-2H3,(H,22,25)/t15-/m1/s1. The van der Waals surface area contributed by atoms with Gasteiger partial charge in [0.1, 0.15) is 0 Å². The normalized spacial score (nSPS) is 17.3. The number of carbonyl (C=O) groups is 1. The molecule has 4 nitrogen and oxygen atoms in total. The smallest absolute Gasteiger partial charge is 0.345 e. The van der Waals surface area contributed by atoms with Gasteiger partial charge in [-0.1, -0.05) is 19.1 Å². The molecule has 0 bridgehead atoms. The molecule has 2 heterocycles. The predicted molar refractivity (Wildman–Crippen MR) is 89.4 cm³/mol. The Morgan fingerprint density at radius 3 is 2.60 bits per heavy atom. The number of anilines is 1.